The highest BCUT2D eigenvalue weighted by molar-refractivity contribution is 14.1. The van der Waals surface area contributed by atoms with Crippen molar-refractivity contribution in [3.63, 3.8) is 0 Å². The van der Waals surface area contributed by atoms with Gasteiger partial charge in [0.05, 0.1) is 0 Å². The minimum atomic E-state index is 0.947. The van der Waals surface area contributed by atoms with Crippen molar-refractivity contribution in [3.8, 4) is 0 Å². The SMILES string of the molecule is SCP=CI. The fourth-order valence-electron chi connectivity index (χ4n) is 0.0309. The Labute approximate surface area is 52.7 Å². The van der Waals surface area contributed by atoms with Crippen LogP contribution in [0.15, 0.2) is 0 Å². The molecule has 0 aliphatic heterocycles. The van der Waals surface area contributed by atoms with E-state index in [0.717, 1.165) is 5.49 Å². The third-order valence-corrected chi connectivity index (χ3v) is 2.12. The van der Waals surface area contributed by atoms with Crippen LogP contribution >= 0.6 is 43.4 Å². The molecule has 0 amide bonds. The molecule has 0 aliphatic rings. The summed E-state index contributed by atoms with van der Waals surface area (Å²) in [5.41, 5.74) is 0.947. The maximum absolute atomic E-state index is 3.95. The Balaban J connectivity index is 2.62. The van der Waals surface area contributed by atoms with E-state index in [1.165, 1.54) is 8.20 Å². The lowest BCUT2D eigenvalue weighted by Crippen LogP contribution is -1.38. The van der Waals surface area contributed by atoms with Gasteiger partial charge >= 0.3 is 0 Å². The van der Waals surface area contributed by atoms with Crippen LogP contribution in [-0.2, 0) is 0 Å². The smallest absolute Gasteiger partial charge is 0.0328 e. The molecule has 0 aromatic rings. The van der Waals surface area contributed by atoms with Gasteiger partial charge in [0.25, 0.3) is 0 Å². The molecule has 0 unspecified atom stereocenters. The number of hydrogen-bond acceptors (Lipinski definition) is 1. The summed E-state index contributed by atoms with van der Waals surface area (Å²) in [6, 6.07) is 0. The number of halogens is 1. The lowest BCUT2D eigenvalue weighted by Gasteiger charge is -1.62. The Morgan fingerprint density at radius 1 is 2.00 bits per heavy atom. The first-order valence-corrected chi connectivity index (χ1v) is 4.14. The molecule has 0 spiro atoms. The first kappa shape index (κ1) is 6.25. The summed E-state index contributed by atoms with van der Waals surface area (Å²) in [5, 5.41) is 0. The Morgan fingerprint density at radius 2 is 2.60 bits per heavy atom. The van der Waals surface area contributed by atoms with Crippen LogP contribution in [-0.4, -0.2) is 9.30 Å². The van der Waals surface area contributed by atoms with E-state index in [2.05, 4.69) is 35.2 Å². The molecule has 0 bridgehead atoms. The van der Waals surface area contributed by atoms with Crippen molar-refractivity contribution in [1.29, 1.82) is 0 Å². The van der Waals surface area contributed by atoms with Crippen LogP contribution in [0.2, 0.25) is 0 Å². The molecule has 0 aromatic carbocycles. The third kappa shape index (κ3) is 5.25. The zero-order valence-electron chi connectivity index (χ0n) is 2.56. The van der Waals surface area contributed by atoms with Crippen LogP contribution in [0.3, 0.4) is 0 Å². The van der Waals surface area contributed by atoms with E-state index in [0.29, 0.717) is 0 Å². The van der Waals surface area contributed by atoms with E-state index in [4.69, 9.17) is 0 Å². The average Bonchev–Trinajstić information content (AvgIpc) is 1.41. The van der Waals surface area contributed by atoms with E-state index in [-0.39, 0.29) is 0 Å². The van der Waals surface area contributed by atoms with Crippen LogP contribution in [0, 0.1) is 0 Å². The van der Waals surface area contributed by atoms with Crippen LogP contribution < -0.4 is 0 Å². The quantitative estimate of drug-likeness (QED) is 0.388. The molecule has 0 aromatic heterocycles. The second-order valence-corrected chi connectivity index (χ2v) is 3.78. The average molecular weight is 218 g/mol. The van der Waals surface area contributed by atoms with Crippen LogP contribution in [0.1, 0.15) is 0 Å². The molecule has 0 rings (SSSR count). The summed E-state index contributed by atoms with van der Waals surface area (Å²) >= 11 is 6.15. The molecular formula is C2H4IPS. The summed E-state index contributed by atoms with van der Waals surface area (Å²) in [6.45, 7) is 0. The fourth-order valence-corrected chi connectivity index (χ4v) is 1.86. The van der Waals surface area contributed by atoms with E-state index in [1.54, 1.807) is 0 Å². The van der Waals surface area contributed by atoms with Crippen LogP contribution in [0.4, 0.5) is 0 Å². The number of hydrogen-bond donors (Lipinski definition) is 1. The van der Waals surface area contributed by atoms with Gasteiger partial charge in [-0.3, -0.25) is 0 Å². The Kier molecular flexibility index (Phi) is 6.56. The van der Waals surface area contributed by atoms with Crippen molar-refractivity contribution in [2.24, 2.45) is 0 Å². The fraction of sp³-hybridized carbons (Fsp3) is 0.500. The van der Waals surface area contributed by atoms with E-state index in [9.17, 15) is 0 Å². The van der Waals surface area contributed by atoms with Gasteiger partial charge in [-0.05, 0) is 22.6 Å². The molecule has 0 heterocycles. The minimum absolute atomic E-state index is 0.947. The highest BCUT2D eigenvalue weighted by Gasteiger charge is 1.54. The van der Waals surface area contributed by atoms with Gasteiger partial charge in [0.15, 0.2) is 0 Å². The van der Waals surface area contributed by atoms with Gasteiger partial charge in [-0.25, -0.2) is 0 Å². The van der Waals surface area contributed by atoms with Crippen molar-refractivity contribution >= 4 is 47.2 Å². The van der Waals surface area contributed by atoms with Gasteiger partial charge < -0.3 is 0 Å². The lowest BCUT2D eigenvalue weighted by molar-refractivity contribution is 2.34. The molecule has 0 atom stereocenters. The standard InChI is InChI=1S/C2H4IPS/c3-1-4-2-5/h1,5H,2H2. The second kappa shape index (κ2) is 5.25. The molecule has 0 aliphatic carbocycles. The summed E-state index contributed by atoms with van der Waals surface area (Å²) in [5.74, 6) is 0. The van der Waals surface area contributed by atoms with E-state index < -0.39 is 0 Å². The maximum atomic E-state index is 3.95. The maximum Gasteiger partial charge on any atom is 0.0328 e. The molecule has 0 nitrogen and oxygen atoms in total. The molecule has 0 saturated heterocycles. The van der Waals surface area contributed by atoms with Gasteiger partial charge in [0.2, 0.25) is 0 Å². The predicted molar refractivity (Wildman–Crippen MR) is 40.9 cm³/mol. The van der Waals surface area contributed by atoms with Gasteiger partial charge in [-0.15, -0.1) is 0 Å². The van der Waals surface area contributed by atoms with Gasteiger partial charge in [0.1, 0.15) is 0 Å². The monoisotopic (exact) mass is 218 g/mol. The summed E-state index contributed by atoms with van der Waals surface area (Å²) in [7, 11) is 1.31. The van der Waals surface area contributed by atoms with Crippen molar-refractivity contribution in [2.45, 2.75) is 0 Å². The second-order valence-electron chi connectivity index (χ2n) is 0.422. The van der Waals surface area contributed by atoms with Crippen molar-refractivity contribution in [2.75, 3.05) is 5.49 Å². The first-order chi connectivity index (χ1) is 2.41. The van der Waals surface area contributed by atoms with Gasteiger partial charge in [-0.2, -0.15) is 12.6 Å². The molecule has 5 heavy (non-hydrogen) atoms. The predicted octanol–water partition coefficient (Wildman–Crippen LogP) is 2.01. The Bertz CT molecular complexity index is 36.6. The molecule has 0 fully saturated rings. The van der Waals surface area contributed by atoms with Gasteiger partial charge in [0, 0.05) is 9.30 Å². The van der Waals surface area contributed by atoms with Crippen molar-refractivity contribution < 1.29 is 0 Å². The minimum Gasteiger partial charge on any atom is -0.170 e. The zero-order valence-corrected chi connectivity index (χ0v) is 6.50. The lowest BCUT2D eigenvalue weighted by atomic mass is 11.9. The van der Waals surface area contributed by atoms with E-state index in [1.807, 2.05) is 3.80 Å². The molecule has 0 radical (unpaired) electrons. The Hall–Kier alpha value is 1.25. The molecule has 0 N–H and O–H groups in total. The summed E-state index contributed by atoms with van der Waals surface area (Å²) < 4.78 is 2.05. The first-order valence-electron chi connectivity index (χ1n) is 1.11. The van der Waals surface area contributed by atoms with Crippen LogP contribution in [0.25, 0.3) is 0 Å². The summed E-state index contributed by atoms with van der Waals surface area (Å²) in [6.07, 6.45) is 0. The van der Waals surface area contributed by atoms with Crippen molar-refractivity contribution in [3.05, 3.63) is 0 Å². The van der Waals surface area contributed by atoms with Crippen molar-refractivity contribution in [1.82, 2.24) is 0 Å². The Morgan fingerprint density at radius 3 is 2.60 bits per heavy atom. The molecular weight excluding hydrogens is 214 g/mol. The molecule has 0 saturated carbocycles. The third-order valence-electron chi connectivity index (χ3n) is 0.151. The molecule has 30 valence electrons. The van der Waals surface area contributed by atoms with Gasteiger partial charge in [-0.1, -0.05) is 8.20 Å². The highest BCUT2D eigenvalue weighted by Crippen LogP contribution is 1.96. The normalized spacial score (nSPS) is 10.0. The summed E-state index contributed by atoms with van der Waals surface area (Å²) in [4.78, 5) is 0. The zero-order chi connectivity index (χ0) is 4.12. The topological polar surface area (TPSA) is 0 Å². The highest BCUT2D eigenvalue weighted by atomic mass is 127. The number of thiol groups is 1. The van der Waals surface area contributed by atoms with Crippen LogP contribution in [0.5, 0.6) is 0 Å². The largest absolute Gasteiger partial charge is 0.170 e. The number of rotatable bonds is 1. The molecule has 3 heteroatoms. The van der Waals surface area contributed by atoms with E-state index >= 15 is 0 Å².